The van der Waals surface area contributed by atoms with Crippen LogP contribution in [0.3, 0.4) is 0 Å². The van der Waals surface area contributed by atoms with Gasteiger partial charge in [0.15, 0.2) is 5.65 Å². The maximum absolute atomic E-state index is 8.88. The molecule has 2 aromatic heterocycles. The Morgan fingerprint density at radius 1 is 0.676 bits per heavy atom. The summed E-state index contributed by atoms with van der Waals surface area (Å²) in [7, 11) is -13.9. The quantitative estimate of drug-likeness (QED) is 0.176. The van der Waals surface area contributed by atoms with E-state index in [0.717, 1.165) is 37.6 Å². The van der Waals surface area contributed by atoms with Crippen LogP contribution in [0.2, 0.25) is 0 Å². The SMILES string of the molecule is C1CCOC1.C1CCOC1.O=P(O)(O)O.O=P(O)(O)O.O=P(O)(O)O.c1ncc2nc[nH]c2n1. The van der Waals surface area contributed by atoms with Crippen LogP contribution in [0.4, 0.5) is 0 Å². The van der Waals surface area contributed by atoms with Crippen molar-refractivity contribution in [1.29, 1.82) is 0 Å². The number of hydrogen-bond acceptors (Lipinski definition) is 8. The van der Waals surface area contributed by atoms with E-state index in [0.29, 0.717) is 0 Å². The molecule has 0 aromatic carbocycles. The monoisotopic (exact) mass is 558 g/mol. The summed E-state index contributed by atoms with van der Waals surface area (Å²) < 4.78 is 36.5. The van der Waals surface area contributed by atoms with Gasteiger partial charge in [-0.1, -0.05) is 0 Å². The van der Waals surface area contributed by atoms with Gasteiger partial charge in [-0.05, 0) is 25.7 Å². The maximum atomic E-state index is 8.88. The average molecular weight is 558 g/mol. The van der Waals surface area contributed by atoms with E-state index in [1.165, 1.54) is 32.0 Å². The number of aromatic amines is 1. The lowest BCUT2D eigenvalue weighted by molar-refractivity contribution is 0.198. The van der Waals surface area contributed by atoms with Crippen LogP contribution in [-0.2, 0) is 23.2 Å². The fourth-order valence-corrected chi connectivity index (χ4v) is 1.71. The predicted octanol–water partition coefficient (Wildman–Crippen LogP) is -0.839. The molecule has 0 aliphatic carbocycles. The lowest BCUT2D eigenvalue weighted by atomic mass is 10.4. The number of H-pyrrole nitrogens is 1. The van der Waals surface area contributed by atoms with E-state index in [1.54, 1.807) is 12.5 Å². The first-order chi connectivity index (χ1) is 15.5. The normalized spacial score (nSPS) is 15.0. The zero-order valence-corrected chi connectivity index (χ0v) is 20.3. The van der Waals surface area contributed by atoms with Crippen molar-refractivity contribution in [2.45, 2.75) is 25.7 Å². The van der Waals surface area contributed by atoms with Crippen LogP contribution in [0.1, 0.15) is 25.7 Å². The van der Waals surface area contributed by atoms with Gasteiger partial charge in [-0.3, -0.25) is 0 Å². The summed E-state index contributed by atoms with van der Waals surface area (Å²) >= 11 is 0. The Hall–Kier alpha value is -1.20. The minimum Gasteiger partial charge on any atom is -0.381 e. The van der Waals surface area contributed by atoms with E-state index >= 15 is 0 Å². The molecule has 0 atom stereocenters. The minimum absolute atomic E-state index is 0.782. The first kappa shape index (κ1) is 35.0. The highest BCUT2D eigenvalue weighted by molar-refractivity contribution is 7.45. The molecule has 18 nitrogen and oxygen atoms in total. The number of rotatable bonds is 0. The molecule has 2 saturated heterocycles. The smallest absolute Gasteiger partial charge is 0.381 e. The molecule has 2 aliphatic heterocycles. The van der Waals surface area contributed by atoms with E-state index < -0.39 is 23.5 Å². The standard InChI is InChI=1S/C5H4N4.2C4H8O.3H3O4P/c1-4-5(8-2-6-1)9-3-7-4;2*1-2-4-5-3-1;3*1-5(2,3)4/h1-3H,(H,6,7,8,9);2*1-4H2;3*(H3,1,2,3,4). The molecule has 2 fully saturated rings. The molecule has 2 aliphatic rings. The minimum atomic E-state index is -4.64. The van der Waals surface area contributed by atoms with Crippen molar-refractivity contribution in [3.8, 4) is 0 Å². The number of imidazole rings is 1. The second-order valence-electron chi connectivity index (χ2n) is 5.84. The van der Waals surface area contributed by atoms with Crippen LogP contribution < -0.4 is 0 Å². The van der Waals surface area contributed by atoms with Gasteiger partial charge in [0.1, 0.15) is 11.8 Å². The van der Waals surface area contributed by atoms with E-state index in [9.17, 15) is 0 Å². The van der Waals surface area contributed by atoms with Crippen molar-refractivity contribution >= 4 is 34.6 Å². The van der Waals surface area contributed by atoms with Crippen LogP contribution >= 0.6 is 23.5 Å². The van der Waals surface area contributed by atoms with E-state index in [2.05, 4.69) is 19.9 Å². The number of phosphoric acid groups is 3. The first-order valence-electron chi connectivity index (χ1n) is 9.06. The lowest BCUT2D eigenvalue weighted by Crippen LogP contribution is -1.76. The molecule has 0 radical (unpaired) electrons. The number of nitrogens with one attached hydrogen (secondary N) is 1. The molecule has 4 rings (SSSR count). The van der Waals surface area contributed by atoms with Crippen molar-refractivity contribution in [2.24, 2.45) is 0 Å². The summed E-state index contributed by atoms with van der Waals surface area (Å²) in [6.45, 7) is 4.00. The molecule has 21 heteroatoms. The maximum Gasteiger partial charge on any atom is 0.466 e. The Morgan fingerprint density at radius 2 is 1.03 bits per heavy atom. The molecular weight excluding hydrogens is 529 g/mol. The number of aromatic nitrogens is 4. The van der Waals surface area contributed by atoms with Gasteiger partial charge in [0, 0.05) is 26.4 Å². The van der Waals surface area contributed by atoms with Gasteiger partial charge in [0.05, 0.1) is 12.5 Å². The number of nitrogens with zero attached hydrogens (tertiary/aromatic N) is 3. The fraction of sp³-hybridized carbons (Fsp3) is 0.615. The molecule has 4 heterocycles. The largest absolute Gasteiger partial charge is 0.466 e. The molecule has 2 aromatic rings. The van der Waals surface area contributed by atoms with Crippen molar-refractivity contribution in [2.75, 3.05) is 26.4 Å². The predicted molar refractivity (Wildman–Crippen MR) is 115 cm³/mol. The van der Waals surface area contributed by atoms with E-state index in [4.69, 9.17) is 67.2 Å². The summed E-state index contributed by atoms with van der Waals surface area (Å²) in [4.78, 5) is 79.2. The highest BCUT2D eigenvalue weighted by Crippen LogP contribution is 2.26. The van der Waals surface area contributed by atoms with Gasteiger partial charge >= 0.3 is 23.5 Å². The van der Waals surface area contributed by atoms with Crippen LogP contribution in [0.5, 0.6) is 0 Å². The first-order valence-corrected chi connectivity index (χ1v) is 13.8. The third kappa shape index (κ3) is 41.1. The Kier molecular flexibility index (Phi) is 19.6. The van der Waals surface area contributed by atoms with Crippen molar-refractivity contribution < 1.29 is 67.2 Å². The molecule has 0 saturated carbocycles. The highest BCUT2D eigenvalue weighted by Gasteiger charge is 2.01. The zero-order valence-electron chi connectivity index (χ0n) is 17.6. The molecule has 0 bridgehead atoms. The molecule has 10 N–H and O–H groups in total. The summed E-state index contributed by atoms with van der Waals surface area (Å²) in [6.07, 6.45) is 9.86. The fourth-order valence-electron chi connectivity index (χ4n) is 1.71. The van der Waals surface area contributed by atoms with Gasteiger partial charge in [-0.2, -0.15) is 0 Å². The van der Waals surface area contributed by atoms with Crippen molar-refractivity contribution in [3.63, 3.8) is 0 Å². The van der Waals surface area contributed by atoms with Crippen LogP contribution in [0.15, 0.2) is 18.9 Å². The third-order valence-electron chi connectivity index (χ3n) is 2.75. The van der Waals surface area contributed by atoms with Gasteiger partial charge in [-0.25, -0.2) is 28.6 Å². The molecular formula is C13H29N4O14P3. The summed E-state index contributed by atoms with van der Waals surface area (Å²) in [5.41, 5.74) is 1.59. The van der Waals surface area contributed by atoms with Crippen LogP contribution in [-0.4, -0.2) is 90.4 Å². The summed E-state index contributed by atoms with van der Waals surface area (Å²) in [5.74, 6) is 0. The third-order valence-corrected chi connectivity index (χ3v) is 2.75. The van der Waals surface area contributed by atoms with Gasteiger partial charge in [-0.15, -0.1) is 0 Å². The lowest BCUT2D eigenvalue weighted by Gasteiger charge is -1.82. The highest BCUT2D eigenvalue weighted by atomic mass is 31.2. The van der Waals surface area contributed by atoms with Gasteiger partial charge < -0.3 is 58.5 Å². The zero-order chi connectivity index (χ0) is 26.7. The van der Waals surface area contributed by atoms with Crippen molar-refractivity contribution in [3.05, 3.63) is 18.9 Å². The van der Waals surface area contributed by atoms with Crippen molar-refractivity contribution in [1.82, 2.24) is 19.9 Å². The Bertz CT molecular complexity index is 762. The Morgan fingerprint density at radius 3 is 1.29 bits per heavy atom. The molecule has 200 valence electrons. The molecule has 34 heavy (non-hydrogen) atoms. The molecule has 0 amide bonds. The molecule has 0 spiro atoms. The molecule has 0 unspecified atom stereocenters. The van der Waals surface area contributed by atoms with Gasteiger partial charge in [0.25, 0.3) is 0 Å². The second kappa shape index (κ2) is 19.0. The van der Waals surface area contributed by atoms with Crippen LogP contribution in [0.25, 0.3) is 11.2 Å². The Balaban J connectivity index is 0. The number of ether oxygens (including phenoxy) is 2. The number of hydrogen-bond donors (Lipinski definition) is 10. The second-order valence-corrected chi connectivity index (χ2v) is 8.92. The van der Waals surface area contributed by atoms with E-state index in [1.807, 2.05) is 0 Å². The summed E-state index contributed by atoms with van der Waals surface area (Å²) in [5, 5.41) is 0. The number of fused-ring (bicyclic) bond motifs is 1. The average Bonchev–Trinajstić information content (AvgIpc) is 3.43. The summed E-state index contributed by atoms with van der Waals surface area (Å²) in [6, 6.07) is 0. The van der Waals surface area contributed by atoms with Gasteiger partial charge in [0.2, 0.25) is 0 Å². The van der Waals surface area contributed by atoms with Crippen LogP contribution in [0, 0.1) is 0 Å². The Labute approximate surface area is 193 Å². The topological polar surface area (TPSA) is 306 Å². The van der Waals surface area contributed by atoms with E-state index in [-0.39, 0.29) is 0 Å².